The third-order valence-corrected chi connectivity index (χ3v) is 5.86. The maximum absolute atomic E-state index is 5.86. The van der Waals surface area contributed by atoms with Gasteiger partial charge in [0.15, 0.2) is 0 Å². The summed E-state index contributed by atoms with van der Waals surface area (Å²) >= 11 is 0. The first-order chi connectivity index (χ1) is 12.3. The first kappa shape index (κ1) is 16.7. The molecule has 0 aromatic carbocycles. The lowest BCUT2D eigenvalue weighted by atomic mass is 9.77. The normalized spacial score (nSPS) is 32.2. The summed E-state index contributed by atoms with van der Waals surface area (Å²) in [6, 6.07) is 0.597. The van der Waals surface area contributed by atoms with E-state index in [1.165, 1.54) is 29.7 Å². The van der Waals surface area contributed by atoms with Gasteiger partial charge in [-0.25, -0.2) is 0 Å². The Balaban J connectivity index is 1.58. The first-order valence-electron chi connectivity index (χ1n) is 9.71. The lowest BCUT2D eigenvalue weighted by molar-refractivity contribution is 0.369. The monoisotopic (exact) mass is 338 g/mol. The van der Waals surface area contributed by atoms with E-state index < -0.39 is 0 Å². The van der Waals surface area contributed by atoms with E-state index in [4.69, 9.17) is 5.73 Å². The molecule has 4 rings (SSSR count). The quantitative estimate of drug-likeness (QED) is 0.633. The van der Waals surface area contributed by atoms with Crippen LogP contribution in [0, 0.1) is 17.8 Å². The Bertz CT molecular complexity index is 634. The van der Waals surface area contributed by atoms with E-state index in [0.29, 0.717) is 30.3 Å². The fourth-order valence-electron chi connectivity index (χ4n) is 4.39. The summed E-state index contributed by atoms with van der Waals surface area (Å²) in [5.41, 5.74) is 9.98. The van der Waals surface area contributed by atoms with Crippen LogP contribution < -0.4 is 21.7 Å². The predicted octanol–water partition coefficient (Wildman–Crippen LogP) is 1.96. The number of rotatable bonds is 4. The number of fused-ring (bicyclic) bond motifs is 1. The first-order valence-corrected chi connectivity index (χ1v) is 9.71. The van der Waals surface area contributed by atoms with Gasteiger partial charge in [-0.15, -0.1) is 0 Å². The second kappa shape index (κ2) is 7.63. The van der Waals surface area contributed by atoms with Crippen molar-refractivity contribution in [2.45, 2.75) is 25.3 Å². The number of allylic oxidation sites excluding steroid dienone is 6. The smallest absolute Gasteiger partial charge is 0.0282 e. The van der Waals surface area contributed by atoms with E-state index in [-0.39, 0.29) is 0 Å². The second-order valence-corrected chi connectivity index (χ2v) is 7.58. The van der Waals surface area contributed by atoms with Crippen molar-refractivity contribution >= 4 is 0 Å². The third kappa shape index (κ3) is 3.75. The molecule has 0 bridgehead atoms. The van der Waals surface area contributed by atoms with Crippen LogP contribution in [-0.4, -0.2) is 32.2 Å². The summed E-state index contributed by atoms with van der Waals surface area (Å²) < 4.78 is 0. The SMILES string of the molecule is NCC1=CC(C2=CC3C=CNCC3C(NC3CCNCC3)=C2)CC=C1. The van der Waals surface area contributed by atoms with Crippen molar-refractivity contribution in [2.24, 2.45) is 23.5 Å². The van der Waals surface area contributed by atoms with Crippen molar-refractivity contribution in [1.29, 1.82) is 0 Å². The number of piperidine rings is 1. The fraction of sp³-hybridized carbons (Fsp3) is 0.524. The largest absolute Gasteiger partial charge is 0.390 e. The molecule has 0 amide bonds. The van der Waals surface area contributed by atoms with E-state index in [1.54, 1.807) is 0 Å². The molecule has 1 saturated heterocycles. The Morgan fingerprint density at radius 3 is 2.92 bits per heavy atom. The molecule has 3 unspecified atom stereocenters. The molecule has 3 atom stereocenters. The molecular formula is C21H30N4. The van der Waals surface area contributed by atoms with Gasteiger partial charge in [-0.2, -0.15) is 0 Å². The number of hydrogen-bond donors (Lipinski definition) is 4. The molecule has 134 valence electrons. The zero-order chi connectivity index (χ0) is 17.1. The second-order valence-electron chi connectivity index (χ2n) is 7.58. The molecule has 1 fully saturated rings. The average Bonchev–Trinajstić information content (AvgIpc) is 2.69. The van der Waals surface area contributed by atoms with Gasteiger partial charge in [-0.05, 0) is 55.8 Å². The minimum absolute atomic E-state index is 0.456. The molecule has 4 nitrogen and oxygen atoms in total. The topological polar surface area (TPSA) is 62.1 Å². The highest BCUT2D eigenvalue weighted by atomic mass is 15.0. The highest BCUT2D eigenvalue weighted by Gasteiger charge is 2.30. The van der Waals surface area contributed by atoms with E-state index in [2.05, 4.69) is 58.6 Å². The molecule has 4 aliphatic rings. The van der Waals surface area contributed by atoms with Crippen molar-refractivity contribution in [1.82, 2.24) is 16.0 Å². The van der Waals surface area contributed by atoms with Gasteiger partial charge >= 0.3 is 0 Å². The molecule has 25 heavy (non-hydrogen) atoms. The van der Waals surface area contributed by atoms with E-state index in [0.717, 1.165) is 26.1 Å². The molecule has 5 N–H and O–H groups in total. The molecule has 0 radical (unpaired) electrons. The average molecular weight is 338 g/mol. The zero-order valence-corrected chi connectivity index (χ0v) is 14.9. The van der Waals surface area contributed by atoms with Gasteiger partial charge in [0.05, 0.1) is 0 Å². The maximum Gasteiger partial charge on any atom is 0.0282 e. The summed E-state index contributed by atoms with van der Waals surface area (Å²) in [5, 5.41) is 10.8. The molecule has 0 aromatic rings. The van der Waals surface area contributed by atoms with Gasteiger partial charge < -0.3 is 21.7 Å². The maximum atomic E-state index is 5.86. The number of hydrogen-bond acceptors (Lipinski definition) is 4. The molecule has 0 spiro atoms. The molecule has 4 heteroatoms. The standard InChI is InChI=1S/C21H30N4/c22-13-15-2-1-3-16(10-15)18-11-17-4-7-24-14-20(17)21(12-18)25-19-5-8-23-9-6-19/h1-2,4,7,10-12,16-17,19-20,23-25H,3,5-6,8-9,13-14,22H2. The van der Waals surface area contributed by atoms with Crippen molar-refractivity contribution in [3.63, 3.8) is 0 Å². The van der Waals surface area contributed by atoms with Crippen LogP contribution in [0.3, 0.4) is 0 Å². The van der Waals surface area contributed by atoms with Gasteiger partial charge in [0.1, 0.15) is 0 Å². The van der Waals surface area contributed by atoms with Crippen LogP contribution in [0.5, 0.6) is 0 Å². The van der Waals surface area contributed by atoms with Crippen LogP contribution >= 0.6 is 0 Å². The van der Waals surface area contributed by atoms with Gasteiger partial charge in [-0.1, -0.05) is 30.4 Å². The molecule has 0 aromatic heterocycles. The molecule has 2 heterocycles. The van der Waals surface area contributed by atoms with E-state index in [1.807, 2.05) is 0 Å². The Labute approximate surface area is 151 Å². The van der Waals surface area contributed by atoms with Gasteiger partial charge in [0.2, 0.25) is 0 Å². The van der Waals surface area contributed by atoms with Crippen LogP contribution in [0.15, 0.2) is 59.5 Å². The van der Waals surface area contributed by atoms with Crippen molar-refractivity contribution in [3.05, 3.63) is 59.5 Å². The lowest BCUT2D eigenvalue weighted by Crippen LogP contribution is -2.44. The molecule has 0 saturated carbocycles. The summed E-state index contributed by atoms with van der Waals surface area (Å²) in [7, 11) is 0. The van der Waals surface area contributed by atoms with Crippen LogP contribution in [0.1, 0.15) is 19.3 Å². The highest BCUT2D eigenvalue weighted by molar-refractivity contribution is 5.41. The van der Waals surface area contributed by atoms with Gasteiger partial charge in [-0.3, -0.25) is 0 Å². The highest BCUT2D eigenvalue weighted by Crippen LogP contribution is 2.36. The van der Waals surface area contributed by atoms with Crippen LogP contribution in [0.2, 0.25) is 0 Å². The fourth-order valence-corrected chi connectivity index (χ4v) is 4.39. The van der Waals surface area contributed by atoms with Crippen LogP contribution in [0.25, 0.3) is 0 Å². The van der Waals surface area contributed by atoms with Gasteiger partial charge in [0.25, 0.3) is 0 Å². The Morgan fingerprint density at radius 2 is 2.08 bits per heavy atom. The van der Waals surface area contributed by atoms with E-state index in [9.17, 15) is 0 Å². The molecular weight excluding hydrogens is 308 g/mol. The summed E-state index contributed by atoms with van der Waals surface area (Å²) in [6.07, 6.45) is 19.6. The zero-order valence-electron chi connectivity index (χ0n) is 14.9. The van der Waals surface area contributed by atoms with Crippen molar-refractivity contribution in [3.8, 4) is 0 Å². The van der Waals surface area contributed by atoms with Crippen LogP contribution in [0.4, 0.5) is 0 Å². The minimum atomic E-state index is 0.456. The summed E-state index contributed by atoms with van der Waals surface area (Å²) in [5.74, 6) is 1.48. The molecule has 2 aliphatic heterocycles. The van der Waals surface area contributed by atoms with Crippen molar-refractivity contribution < 1.29 is 0 Å². The Hall–Kier alpha value is -1.78. The predicted molar refractivity (Wildman–Crippen MR) is 104 cm³/mol. The number of nitrogens with one attached hydrogen (secondary N) is 3. The summed E-state index contributed by atoms with van der Waals surface area (Å²) in [4.78, 5) is 0. The minimum Gasteiger partial charge on any atom is -0.390 e. The van der Waals surface area contributed by atoms with Gasteiger partial charge in [0, 0.05) is 42.6 Å². The third-order valence-electron chi connectivity index (χ3n) is 5.86. The Kier molecular flexibility index (Phi) is 5.09. The lowest BCUT2D eigenvalue weighted by Gasteiger charge is -2.37. The van der Waals surface area contributed by atoms with Crippen LogP contribution in [-0.2, 0) is 0 Å². The van der Waals surface area contributed by atoms with Crippen molar-refractivity contribution in [2.75, 3.05) is 26.2 Å². The number of nitrogens with two attached hydrogens (primary N) is 1. The Morgan fingerprint density at radius 1 is 1.20 bits per heavy atom. The summed E-state index contributed by atoms with van der Waals surface area (Å²) in [6.45, 7) is 3.88. The molecule has 2 aliphatic carbocycles. The van der Waals surface area contributed by atoms with E-state index >= 15 is 0 Å².